The standard InChI is InChI=1S/C32H37N5O5.C2HF3O2.3FH.2H2O/c1-4-16-37(5-2)21-30(24-11-7-6-8-12-24)42-32(39)34-19-23-10-9-13-25(17-23)35-31(38)36-26-14-15-27(28(18-26)40-3)29-20-33-22-41-29;3-2(4,5)1(6)7;;;;;/h6-15,17-18,20,22,30H,4-5,16,19,21H2,1-3H3,(H,34,39)(H2,35,36,38);(H,6,7);3*1H;2*1H2. The zero-order chi connectivity index (χ0) is 35.8. The van der Waals surface area contributed by atoms with E-state index in [0.29, 0.717) is 29.4 Å². The van der Waals surface area contributed by atoms with Crippen molar-refractivity contribution in [2.24, 2.45) is 0 Å². The zero-order valence-corrected chi connectivity index (χ0v) is 29.3. The van der Waals surface area contributed by atoms with E-state index >= 15 is 0 Å². The van der Waals surface area contributed by atoms with E-state index in [0.717, 1.165) is 36.2 Å². The number of aliphatic carboxylic acids is 1. The summed E-state index contributed by atoms with van der Waals surface area (Å²) < 4.78 is 48.4. The van der Waals surface area contributed by atoms with Crippen LogP contribution in [-0.2, 0) is 16.1 Å². The number of nitrogens with zero attached hydrogens (tertiary/aromatic N) is 2. The van der Waals surface area contributed by atoms with Crippen LogP contribution in [0.3, 0.4) is 0 Å². The highest BCUT2D eigenvalue weighted by Crippen LogP contribution is 2.32. The molecule has 0 fully saturated rings. The smallest absolute Gasteiger partial charge is 0.490 e. The van der Waals surface area contributed by atoms with Crippen molar-refractivity contribution in [3.63, 3.8) is 0 Å². The Morgan fingerprint density at radius 1 is 0.926 bits per heavy atom. The van der Waals surface area contributed by atoms with E-state index in [1.165, 1.54) is 6.39 Å². The zero-order valence-electron chi connectivity index (χ0n) is 29.3. The molecule has 1 unspecified atom stereocenters. The van der Waals surface area contributed by atoms with E-state index in [4.69, 9.17) is 23.8 Å². The van der Waals surface area contributed by atoms with Gasteiger partial charge in [0.05, 0.1) is 18.9 Å². The molecule has 0 saturated heterocycles. The third-order valence-corrected chi connectivity index (χ3v) is 6.85. The van der Waals surface area contributed by atoms with Crippen LogP contribution in [0.25, 0.3) is 11.3 Å². The molecule has 3 aromatic carbocycles. The quantitative estimate of drug-likeness (QED) is 0.114. The van der Waals surface area contributed by atoms with E-state index in [1.54, 1.807) is 43.6 Å². The number of nitrogens with one attached hydrogen (secondary N) is 3. The average molecular weight is 782 g/mol. The molecule has 3 amide bonds. The monoisotopic (exact) mass is 781 g/mol. The highest BCUT2D eigenvalue weighted by atomic mass is 19.4. The number of carboxylic acid groups (broad SMARTS) is 1. The second-order valence-corrected chi connectivity index (χ2v) is 10.4. The fourth-order valence-corrected chi connectivity index (χ4v) is 4.53. The Bertz CT molecular complexity index is 1650. The predicted molar refractivity (Wildman–Crippen MR) is 191 cm³/mol. The molecule has 0 aliphatic carbocycles. The van der Waals surface area contributed by atoms with Gasteiger partial charge in [0.15, 0.2) is 12.2 Å². The van der Waals surface area contributed by atoms with Gasteiger partial charge in [-0.25, -0.2) is 19.4 Å². The first kappa shape index (κ1) is 52.5. The summed E-state index contributed by atoms with van der Waals surface area (Å²) >= 11 is 0. The number of carbonyl (C=O) groups is 3. The van der Waals surface area contributed by atoms with Crippen molar-refractivity contribution in [1.29, 1.82) is 0 Å². The number of alkyl halides is 3. The van der Waals surface area contributed by atoms with Crippen LogP contribution in [0.1, 0.15) is 37.5 Å². The van der Waals surface area contributed by atoms with Crippen LogP contribution in [0.4, 0.5) is 48.2 Å². The summed E-state index contributed by atoms with van der Waals surface area (Å²) in [6.45, 7) is 6.90. The lowest BCUT2D eigenvalue weighted by Crippen LogP contribution is -2.33. The highest BCUT2D eigenvalue weighted by molar-refractivity contribution is 6.00. The van der Waals surface area contributed by atoms with Gasteiger partial charge in [-0.2, -0.15) is 13.2 Å². The molecule has 4 rings (SSSR count). The number of hydrogen-bond acceptors (Lipinski definition) is 8. The van der Waals surface area contributed by atoms with Crippen LogP contribution in [-0.4, -0.2) is 77.0 Å². The van der Waals surface area contributed by atoms with Gasteiger partial charge in [0, 0.05) is 30.5 Å². The molecule has 0 aliphatic heterocycles. The highest BCUT2D eigenvalue weighted by Gasteiger charge is 2.38. The number of methoxy groups -OCH3 is 1. The largest absolute Gasteiger partial charge is 0.496 e. The first-order valence-electron chi connectivity index (χ1n) is 15.2. The van der Waals surface area contributed by atoms with Crippen molar-refractivity contribution < 1.29 is 71.6 Å². The second-order valence-electron chi connectivity index (χ2n) is 10.4. The number of carbonyl (C=O) groups excluding carboxylic acids is 2. The number of anilines is 2. The Morgan fingerprint density at radius 3 is 2.09 bits per heavy atom. The van der Waals surface area contributed by atoms with Gasteiger partial charge >= 0.3 is 24.3 Å². The van der Waals surface area contributed by atoms with Crippen LogP contribution in [0.2, 0.25) is 0 Å². The summed E-state index contributed by atoms with van der Waals surface area (Å²) in [4.78, 5) is 40.6. The number of aromatic nitrogens is 1. The van der Waals surface area contributed by atoms with Crippen molar-refractivity contribution in [3.8, 4) is 17.1 Å². The predicted octanol–water partition coefficient (Wildman–Crippen LogP) is 6.14. The van der Waals surface area contributed by atoms with E-state index < -0.39 is 30.4 Å². The number of hydrogen-bond donors (Lipinski definition) is 4. The number of carboxylic acids is 1. The van der Waals surface area contributed by atoms with Gasteiger partial charge in [0.1, 0.15) is 11.9 Å². The van der Waals surface area contributed by atoms with Gasteiger partial charge in [0.2, 0.25) is 0 Å². The number of amides is 3. The van der Waals surface area contributed by atoms with Crippen molar-refractivity contribution in [1.82, 2.24) is 15.2 Å². The SMILES string of the molecule is CCCN(CC)CC(OC(=O)NCc1cccc(NC(=O)Nc2ccc(-c3cnco3)c(OC)c2)c1)c1ccccc1.F.F.F.O.O.O=C(O)C(F)(F)F. The summed E-state index contributed by atoms with van der Waals surface area (Å²) in [6, 6.07) is 21.8. The van der Waals surface area contributed by atoms with Gasteiger partial charge in [-0.1, -0.05) is 56.3 Å². The van der Waals surface area contributed by atoms with Crippen LogP contribution >= 0.6 is 0 Å². The molecular weight excluding hydrogens is 736 g/mol. The van der Waals surface area contributed by atoms with Crippen molar-refractivity contribution >= 4 is 29.5 Å². The van der Waals surface area contributed by atoms with Crippen molar-refractivity contribution in [2.75, 3.05) is 37.4 Å². The number of likely N-dealkylation sites (N-methyl/N-ethyl adjacent to an activating group) is 1. The Kier molecular flexibility index (Phi) is 25.3. The molecule has 1 heterocycles. The van der Waals surface area contributed by atoms with Gasteiger partial charge in [-0.15, -0.1) is 0 Å². The maximum atomic E-state index is 12.8. The first-order valence-corrected chi connectivity index (χ1v) is 15.2. The number of rotatable bonds is 13. The van der Waals surface area contributed by atoms with E-state index in [1.807, 2.05) is 42.5 Å². The van der Waals surface area contributed by atoms with Crippen LogP contribution in [0.5, 0.6) is 5.75 Å². The van der Waals surface area contributed by atoms with E-state index in [-0.39, 0.29) is 31.6 Å². The molecule has 4 aromatic rings. The first-order chi connectivity index (χ1) is 23.4. The molecule has 302 valence electrons. The normalized spacial score (nSPS) is 10.4. The van der Waals surface area contributed by atoms with Crippen LogP contribution in [0, 0.1) is 0 Å². The molecular formula is C34H45F6N5O9. The maximum Gasteiger partial charge on any atom is 0.490 e. The van der Waals surface area contributed by atoms with Crippen molar-refractivity contribution in [3.05, 3.63) is 96.5 Å². The van der Waals surface area contributed by atoms with E-state index in [9.17, 15) is 22.8 Å². The molecule has 0 bridgehead atoms. The molecule has 0 aliphatic rings. The Morgan fingerprint density at radius 2 is 1.56 bits per heavy atom. The molecule has 14 nitrogen and oxygen atoms in total. The fraction of sp³-hybridized carbons (Fsp3) is 0.294. The third-order valence-electron chi connectivity index (χ3n) is 6.85. The minimum Gasteiger partial charge on any atom is -0.496 e. The summed E-state index contributed by atoms with van der Waals surface area (Å²) in [5.74, 6) is -1.66. The van der Waals surface area contributed by atoms with E-state index in [2.05, 4.69) is 39.7 Å². The second kappa shape index (κ2) is 26.0. The number of benzene rings is 3. The van der Waals surface area contributed by atoms with Crippen LogP contribution in [0.15, 0.2) is 89.8 Å². The molecule has 0 spiro atoms. The summed E-state index contributed by atoms with van der Waals surface area (Å²) in [5.41, 5.74) is 3.59. The Hall–Kier alpha value is -5.86. The number of ether oxygens (including phenoxy) is 2. The Balaban J connectivity index is -0.00000198. The molecule has 0 radical (unpaired) electrons. The number of halogens is 6. The van der Waals surface area contributed by atoms with Crippen molar-refractivity contribution in [2.45, 2.75) is 39.1 Å². The van der Waals surface area contributed by atoms with Gasteiger partial charge < -0.3 is 45.9 Å². The molecule has 8 N–H and O–H groups in total. The lowest BCUT2D eigenvalue weighted by Gasteiger charge is -2.26. The lowest BCUT2D eigenvalue weighted by atomic mass is 10.1. The van der Waals surface area contributed by atoms with Gasteiger partial charge in [-0.05, 0) is 54.9 Å². The number of alkyl carbamates (subject to hydrolysis) is 1. The minimum atomic E-state index is -5.08. The fourth-order valence-electron chi connectivity index (χ4n) is 4.53. The minimum absolute atomic E-state index is 0. The van der Waals surface area contributed by atoms with Gasteiger partial charge in [-0.3, -0.25) is 19.0 Å². The Labute approximate surface area is 306 Å². The summed E-state index contributed by atoms with van der Waals surface area (Å²) in [6.07, 6.45) is -2.02. The molecule has 0 saturated carbocycles. The van der Waals surface area contributed by atoms with Gasteiger partial charge in [0.25, 0.3) is 0 Å². The average Bonchev–Trinajstić information content (AvgIpc) is 3.62. The molecule has 20 heteroatoms. The maximum absolute atomic E-state index is 12.8. The van der Waals surface area contributed by atoms with Crippen LogP contribution < -0.4 is 20.7 Å². The molecule has 1 aromatic heterocycles. The molecule has 1 atom stereocenters. The third kappa shape index (κ3) is 17.1. The topological polar surface area (TPSA) is 218 Å². The molecule has 54 heavy (non-hydrogen) atoms. The summed E-state index contributed by atoms with van der Waals surface area (Å²) in [5, 5.41) is 15.6. The summed E-state index contributed by atoms with van der Waals surface area (Å²) in [7, 11) is 1.54. The lowest BCUT2D eigenvalue weighted by molar-refractivity contribution is -0.192. The number of urea groups is 1. The number of oxazole rings is 1.